The van der Waals surface area contributed by atoms with Gasteiger partial charge in [0, 0.05) is 32.2 Å². The van der Waals surface area contributed by atoms with Crippen LogP contribution in [0.3, 0.4) is 0 Å². The van der Waals surface area contributed by atoms with Crippen LogP contribution in [0.5, 0.6) is 0 Å². The number of likely N-dealkylation sites (tertiary alicyclic amines) is 1. The molecule has 0 spiro atoms. The summed E-state index contributed by atoms with van der Waals surface area (Å²) in [4.78, 5) is 17.1. The van der Waals surface area contributed by atoms with E-state index in [9.17, 15) is 18.0 Å². The number of piperidine rings is 1. The van der Waals surface area contributed by atoms with Crippen LogP contribution in [-0.4, -0.2) is 58.7 Å². The Morgan fingerprint density at radius 1 is 1.21 bits per heavy atom. The first-order chi connectivity index (χ1) is 11.4. The minimum atomic E-state index is -4.26. The van der Waals surface area contributed by atoms with Crippen molar-refractivity contribution in [1.29, 1.82) is 0 Å². The zero-order valence-corrected chi connectivity index (χ0v) is 13.5. The molecule has 3 rings (SSSR count). The van der Waals surface area contributed by atoms with E-state index in [1.165, 1.54) is 0 Å². The summed E-state index contributed by atoms with van der Waals surface area (Å²) in [5, 5.41) is 4.43. The topological polar surface area (TPSA) is 63.2 Å². The van der Waals surface area contributed by atoms with Crippen LogP contribution >= 0.6 is 0 Å². The third-order valence-corrected chi connectivity index (χ3v) is 4.55. The molecule has 136 valence electrons. The van der Waals surface area contributed by atoms with Gasteiger partial charge >= 0.3 is 11.9 Å². The summed E-state index contributed by atoms with van der Waals surface area (Å²) in [5.74, 6) is 1.24. The third kappa shape index (κ3) is 4.83. The summed E-state index contributed by atoms with van der Waals surface area (Å²) in [7, 11) is 0. The van der Waals surface area contributed by atoms with Gasteiger partial charge in [0.25, 0.3) is 0 Å². The van der Waals surface area contributed by atoms with Crippen molar-refractivity contribution in [2.75, 3.05) is 32.8 Å². The van der Waals surface area contributed by atoms with Crippen molar-refractivity contribution in [2.24, 2.45) is 0 Å². The fraction of sp³-hybridized carbons (Fsp3) is 0.867. The molecular formula is C15H23F3N4O2. The van der Waals surface area contributed by atoms with Crippen LogP contribution in [-0.2, 0) is 4.74 Å². The molecule has 0 bridgehead atoms. The molecule has 0 radical (unpaired) electrons. The van der Waals surface area contributed by atoms with Crippen molar-refractivity contribution in [3.63, 3.8) is 0 Å². The van der Waals surface area contributed by atoms with Gasteiger partial charge in [0.15, 0.2) is 0 Å². The highest BCUT2D eigenvalue weighted by Crippen LogP contribution is 2.37. The molecule has 0 atom stereocenters. The van der Waals surface area contributed by atoms with Crippen LogP contribution in [0, 0.1) is 0 Å². The van der Waals surface area contributed by atoms with Gasteiger partial charge in [-0.3, -0.25) is 4.98 Å². The molecule has 24 heavy (non-hydrogen) atoms. The zero-order valence-electron chi connectivity index (χ0n) is 13.5. The molecule has 1 aromatic rings. The summed E-state index contributed by atoms with van der Waals surface area (Å²) in [5.41, 5.74) is -0.129. The van der Waals surface area contributed by atoms with Gasteiger partial charge in [-0.2, -0.15) is 18.3 Å². The van der Waals surface area contributed by atoms with Gasteiger partial charge in [-0.15, -0.1) is 0 Å². The maximum atomic E-state index is 12.0. The highest BCUT2D eigenvalue weighted by atomic mass is 19.4. The molecule has 0 unspecified atom stereocenters. The number of H-pyrrole nitrogens is 1. The number of hydrogen-bond acceptors (Lipinski definition) is 4. The smallest absolute Gasteiger partial charge is 0.372 e. The molecule has 1 N–H and O–H groups in total. The standard InChI is InChI=1S/C15H23F3N4O2/c16-15(17,18)10-24-9-1-6-21-7-4-12(5-8-21)22-14(23)19-13(20-22)11-2-3-11/h11-12H,1-10H2,(H,19,20,23). The van der Waals surface area contributed by atoms with E-state index in [0.29, 0.717) is 18.9 Å². The van der Waals surface area contributed by atoms with Crippen LogP contribution in [0.25, 0.3) is 0 Å². The average molecular weight is 348 g/mol. The largest absolute Gasteiger partial charge is 0.411 e. The van der Waals surface area contributed by atoms with Gasteiger partial charge in [-0.25, -0.2) is 9.48 Å². The van der Waals surface area contributed by atoms with E-state index in [0.717, 1.165) is 44.6 Å². The van der Waals surface area contributed by atoms with Gasteiger partial charge in [0.05, 0.1) is 6.04 Å². The fourth-order valence-electron chi connectivity index (χ4n) is 3.11. The van der Waals surface area contributed by atoms with E-state index >= 15 is 0 Å². The maximum absolute atomic E-state index is 12.0. The molecule has 2 aliphatic rings. The minimum Gasteiger partial charge on any atom is -0.372 e. The number of aromatic amines is 1. The lowest BCUT2D eigenvalue weighted by Gasteiger charge is -2.31. The summed E-state index contributed by atoms with van der Waals surface area (Å²) in [6, 6.07) is 0.110. The van der Waals surface area contributed by atoms with Crippen molar-refractivity contribution >= 4 is 0 Å². The van der Waals surface area contributed by atoms with Gasteiger partial charge in [-0.1, -0.05) is 0 Å². The monoisotopic (exact) mass is 348 g/mol. The molecule has 9 heteroatoms. The molecule has 1 saturated carbocycles. The van der Waals surface area contributed by atoms with Crippen molar-refractivity contribution < 1.29 is 17.9 Å². The predicted octanol–water partition coefficient (Wildman–Crippen LogP) is 2.05. The Hall–Kier alpha value is -1.35. The molecule has 2 heterocycles. The minimum absolute atomic E-state index is 0.110. The van der Waals surface area contributed by atoms with Crippen LogP contribution in [0.1, 0.15) is 49.9 Å². The summed E-state index contributed by atoms with van der Waals surface area (Å²) >= 11 is 0. The number of hydrogen-bond donors (Lipinski definition) is 1. The molecule has 1 aliphatic heterocycles. The van der Waals surface area contributed by atoms with Gasteiger partial charge < -0.3 is 9.64 Å². The van der Waals surface area contributed by atoms with Crippen molar-refractivity contribution in [2.45, 2.75) is 50.2 Å². The first-order valence-electron chi connectivity index (χ1n) is 8.48. The number of aromatic nitrogens is 3. The van der Waals surface area contributed by atoms with Crippen LogP contribution in [0.4, 0.5) is 13.2 Å². The second-order valence-corrected chi connectivity index (χ2v) is 6.63. The molecule has 2 fully saturated rings. The van der Waals surface area contributed by atoms with E-state index in [1.54, 1.807) is 4.68 Å². The lowest BCUT2D eigenvalue weighted by Crippen LogP contribution is -2.38. The Morgan fingerprint density at radius 2 is 1.92 bits per heavy atom. The van der Waals surface area contributed by atoms with Crippen molar-refractivity contribution in [3.05, 3.63) is 16.3 Å². The number of ether oxygens (including phenoxy) is 1. The second-order valence-electron chi connectivity index (χ2n) is 6.63. The summed E-state index contributed by atoms with van der Waals surface area (Å²) in [6.45, 7) is 1.29. The number of nitrogens with one attached hydrogen (secondary N) is 1. The van der Waals surface area contributed by atoms with E-state index in [1.807, 2.05) is 0 Å². The number of nitrogens with zero attached hydrogens (tertiary/aromatic N) is 3. The molecule has 6 nitrogen and oxygen atoms in total. The average Bonchev–Trinajstić information content (AvgIpc) is 3.30. The number of rotatable bonds is 7. The lowest BCUT2D eigenvalue weighted by molar-refractivity contribution is -0.174. The zero-order chi connectivity index (χ0) is 17.2. The van der Waals surface area contributed by atoms with E-state index in [-0.39, 0.29) is 18.3 Å². The molecule has 1 saturated heterocycles. The number of alkyl halides is 3. The van der Waals surface area contributed by atoms with Crippen LogP contribution < -0.4 is 5.69 Å². The quantitative estimate of drug-likeness (QED) is 0.766. The van der Waals surface area contributed by atoms with Gasteiger partial charge in [0.1, 0.15) is 12.4 Å². The Balaban J connectivity index is 1.37. The summed E-state index contributed by atoms with van der Waals surface area (Å²) < 4.78 is 42.1. The van der Waals surface area contributed by atoms with Gasteiger partial charge in [-0.05, 0) is 32.1 Å². The second kappa shape index (κ2) is 7.26. The number of halogens is 3. The Bertz CT molecular complexity index is 586. The van der Waals surface area contributed by atoms with Crippen LogP contribution in [0.2, 0.25) is 0 Å². The fourth-order valence-corrected chi connectivity index (χ4v) is 3.11. The molecular weight excluding hydrogens is 325 g/mol. The van der Waals surface area contributed by atoms with Crippen molar-refractivity contribution in [1.82, 2.24) is 19.7 Å². The first-order valence-corrected chi connectivity index (χ1v) is 8.48. The normalized spacial score (nSPS) is 20.6. The Kier molecular flexibility index (Phi) is 5.29. The first kappa shape index (κ1) is 17.5. The van der Waals surface area contributed by atoms with Crippen molar-refractivity contribution in [3.8, 4) is 0 Å². The Labute approximate surface area is 138 Å². The maximum Gasteiger partial charge on any atom is 0.411 e. The van der Waals surface area contributed by atoms with E-state index in [4.69, 9.17) is 0 Å². The lowest BCUT2D eigenvalue weighted by atomic mass is 10.1. The van der Waals surface area contributed by atoms with E-state index < -0.39 is 12.8 Å². The molecule has 1 aromatic heterocycles. The highest BCUT2D eigenvalue weighted by molar-refractivity contribution is 5.03. The molecule has 1 aliphatic carbocycles. The highest BCUT2D eigenvalue weighted by Gasteiger charge is 2.30. The molecule has 0 aromatic carbocycles. The SMILES string of the molecule is O=c1[nH]c(C2CC2)nn1C1CCN(CCCOCC(F)(F)F)CC1. The Morgan fingerprint density at radius 3 is 2.54 bits per heavy atom. The van der Waals surface area contributed by atoms with Gasteiger partial charge in [0.2, 0.25) is 0 Å². The third-order valence-electron chi connectivity index (χ3n) is 4.55. The predicted molar refractivity (Wildman–Crippen MR) is 81.0 cm³/mol. The van der Waals surface area contributed by atoms with Crippen LogP contribution in [0.15, 0.2) is 4.79 Å². The van der Waals surface area contributed by atoms with E-state index in [2.05, 4.69) is 19.7 Å². The molecule has 0 amide bonds. The summed E-state index contributed by atoms with van der Waals surface area (Å²) in [6.07, 6.45) is 0.184.